The number of aromatic nitrogens is 2. The van der Waals surface area contributed by atoms with E-state index in [-0.39, 0.29) is 10.6 Å². The molecule has 4 rings (SSSR count). The Morgan fingerprint density at radius 2 is 1.73 bits per heavy atom. The summed E-state index contributed by atoms with van der Waals surface area (Å²) < 4.78 is 33.3. The fraction of sp³-hybridized carbons (Fsp3) is 0.238. The van der Waals surface area contributed by atoms with Crippen molar-refractivity contribution in [2.24, 2.45) is 0 Å². The van der Waals surface area contributed by atoms with Crippen molar-refractivity contribution < 1.29 is 13.2 Å². The summed E-state index contributed by atoms with van der Waals surface area (Å²) in [4.78, 5) is 2.20. The zero-order chi connectivity index (χ0) is 21.1. The highest BCUT2D eigenvalue weighted by molar-refractivity contribution is 7.92. The Balaban J connectivity index is 1.52. The number of hydrogen-bond acceptors (Lipinski definition) is 6. The maximum atomic E-state index is 12.8. The molecule has 0 atom stereocenters. The first-order valence-corrected chi connectivity index (χ1v) is 11.4. The lowest BCUT2D eigenvalue weighted by atomic mass is 10.1. The van der Waals surface area contributed by atoms with Crippen LogP contribution in [0.2, 0.25) is 5.02 Å². The smallest absolute Gasteiger partial charge is 0.265 e. The fourth-order valence-corrected chi connectivity index (χ4v) is 4.87. The van der Waals surface area contributed by atoms with Gasteiger partial charge in [-0.05, 0) is 55.3 Å². The second-order valence-electron chi connectivity index (χ2n) is 6.95. The van der Waals surface area contributed by atoms with Crippen molar-refractivity contribution in [3.8, 4) is 17.0 Å². The molecule has 0 spiro atoms. The van der Waals surface area contributed by atoms with Gasteiger partial charge in [0, 0.05) is 29.4 Å². The minimum atomic E-state index is -3.86. The van der Waals surface area contributed by atoms with Gasteiger partial charge in [-0.1, -0.05) is 23.7 Å². The van der Waals surface area contributed by atoms with E-state index in [1.807, 2.05) is 12.1 Å². The molecule has 30 heavy (non-hydrogen) atoms. The molecule has 3 aromatic rings. The first-order chi connectivity index (χ1) is 14.5. The third-order valence-electron chi connectivity index (χ3n) is 4.93. The van der Waals surface area contributed by atoms with E-state index in [1.54, 1.807) is 30.3 Å². The van der Waals surface area contributed by atoms with E-state index in [1.165, 1.54) is 32.1 Å². The number of benzene rings is 2. The zero-order valence-electron chi connectivity index (χ0n) is 16.4. The number of nitrogens with one attached hydrogen (secondary N) is 1. The van der Waals surface area contributed by atoms with Crippen LogP contribution in [0.15, 0.2) is 59.5 Å². The fourth-order valence-electron chi connectivity index (χ4n) is 3.37. The van der Waals surface area contributed by atoms with Crippen LogP contribution in [0.25, 0.3) is 11.3 Å². The van der Waals surface area contributed by atoms with Gasteiger partial charge in [0.05, 0.1) is 12.8 Å². The highest BCUT2D eigenvalue weighted by Crippen LogP contribution is 2.29. The van der Waals surface area contributed by atoms with Gasteiger partial charge in [-0.2, -0.15) is 0 Å². The molecule has 1 aliphatic heterocycles. The number of ether oxygens (including phenoxy) is 1. The molecule has 7 nitrogen and oxygen atoms in total. The van der Waals surface area contributed by atoms with E-state index >= 15 is 0 Å². The van der Waals surface area contributed by atoms with Crippen LogP contribution >= 0.6 is 11.6 Å². The number of nitrogens with zero attached hydrogens (tertiary/aromatic N) is 3. The SMILES string of the molecule is COc1ccc(Cl)cc1S(=O)(=O)Nc1ccc(-c2ccc(N3CCCC3)nn2)cc1. The van der Waals surface area contributed by atoms with Crippen LogP contribution in [-0.4, -0.2) is 38.8 Å². The predicted octanol–water partition coefficient (Wildman–Crippen LogP) is 4.21. The van der Waals surface area contributed by atoms with Crippen molar-refractivity contribution in [1.29, 1.82) is 0 Å². The van der Waals surface area contributed by atoms with E-state index in [9.17, 15) is 8.42 Å². The average molecular weight is 445 g/mol. The molecule has 0 unspecified atom stereocenters. The Bertz CT molecular complexity index is 1130. The van der Waals surface area contributed by atoms with Crippen molar-refractivity contribution in [3.05, 3.63) is 59.6 Å². The van der Waals surface area contributed by atoms with Gasteiger partial charge in [0.2, 0.25) is 0 Å². The summed E-state index contributed by atoms with van der Waals surface area (Å²) in [5, 5.41) is 8.95. The monoisotopic (exact) mass is 444 g/mol. The minimum absolute atomic E-state index is 0.0232. The molecule has 0 saturated carbocycles. The Morgan fingerprint density at radius 1 is 1.00 bits per heavy atom. The topological polar surface area (TPSA) is 84.4 Å². The van der Waals surface area contributed by atoms with Gasteiger partial charge in [-0.15, -0.1) is 10.2 Å². The molecule has 2 heterocycles. The quantitative estimate of drug-likeness (QED) is 0.613. The van der Waals surface area contributed by atoms with E-state index in [0.29, 0.717) is 10.7 Å². The molecule has 1 aliphatic rings. The molecule has 0 amide bonds. The summed E-state index contributed by atoms with van der Waals surface area (Å²) in [6.07, 6.45) is 2.36. The Labute approximate surface area is 180 Å². The van der Waals surface area contributed by atoms with E-state index < -0.39 is 10.0 Å². The number of halogens is 1. The van der Waals surface area contributed by atoms with Crippen molar-refractivity contribution in [3.63, 3.8) is 0 Å². The lowest BCUT2D eigenvalue weighted by Gasteiger charge is -2.15. The molecule has 0 bridgehead atoms. The highest BCUT2D eigenvalue weighted by atomic mass is 35.5. The first kappa shape index (κ1) is 20.4. The number of anilines is 2. The van der Waals surface area contributed by atoms with Crippen LogP contribution in [0.5, 0.6) is 5.75 Å². The normalized spacial score (nSPS) is 14.0. The molecule has 0 aliphatic carbocycles. The third-order valence-corrected chi connectivity index (χ3v) is 6.57. The lowest BCUT2D eigenvalue weighted by Crippen LogP contribution is -2.19. The standard InChI is InChI=1S/C21H21ClN4O3S/c1-29-19-10-6-16(22)14-20(19)30(27,28)25-17-7-4-15(5-8-17)18-9-11-21(24-23-18)26-12-2-3-13-26/h4-11,14,25H,2-3,12-13H2,1H3. The van der Waals surface area contributed by atoms with Gasteiger partial charge in [0.25, 0.3) is 10.0 Å². The molecule has 0 radical (unpaired) electrons. The summed E-state index contributed by atoms with van der Waals surface area (Å²) in [7, 11) is -2.45. The van der Waals surface area contributed by atoms with E-state index in [0.717, 1.165) is 30.2 Å². The largest absolute Gasteiger partial charge is 0.495 e. The van der Waals surface area contributed by atoms with Crippen LogP contribution in [0, 0.1) is 0 Å². The summed E-state index contributed by atoms with van der Waals surface area (Å²) in [6, 6.07) is 15.3. The third kappa shape index (κ3) is 4.34. The number of hydrogen-bond donors (Lipinski definition) is 1. The molecular weight excluding hydrogens is 424 g/mol. The first-order valence-electron chi connectivity index (χ1n) is 9.52. The van der Waals surface area contributed by atoms with E-state index in [2.05, 4.69) is 19.8 Å². The van der Waals surface area contributed by atoms with Crippen LogP contribution in [-0.2, 0) is 10.0 Å². The van der Waals surface area contributed by atoms with Gasteiger partial charge < -0.3 is 9.64 Å². The molecular formula is C21H21ClN4O3S. The maximum absolute atomic E-state index is 12.8. The van der Waals surface area contributed by atoms with E-state index in [4.69, 9.17) is 16.3 Å². The van der Waals surface area contributed by atoms with Crippen molar-refractivity contribution in [1.82, 2.24) is 10.2 Å². The van der Waals surface area contributed by atoms with Gasteiger partial charge in [0.1, 0.15) is 10.6 Å². The molecule has 1 saturated heterocycles. The summed E-state index contributed by atoms with van der Waals surface area (Å²) in [5.74, 6) is 1.10. The molecule has 1 aromatic heterocycles. The molecule has 9 heteroatoms. The minimum Gasteiger partial charge on any atom is -0.495 e. The van der Waals surface area contributed by atoms with Crippen molar-refractivity contribution in [2.75, 3.05) is 29.8 Å². The Kier molecular flexibility index (Phi) is 5.78. The number of rotatable bonds is 6. The molecule has 156 valence electrons. The van der Waals surface area contributed by atoms with Crippen molar-refractivity contribution >= 4 is 33.1 Å². The maximum Gasteiger partial charge on any atom is 0.265 e. The highest BCUT2D eigenvalue weighted by Gasteiger charge is 2.20. The molecule has 2 aromatic carbocycles. The van der Waals surface area contributed by atoms with Gasteiger partial charge >= 0.3 is 0 Å². The van der Waals surface area contributed by atoms with Crippen LogP contribution in [0.4, 0.5) is 11.5 Å². The number of sulfonamides is 1. The Hall–Kier alpha value is -2.84. The lowest BCUT2D eigenvalue weighted by molar-refractivity contribution is 0.403. The van der Waals surface area contributed by atoms with Crippen molar-refractivity contribution in [2.45, 2.75) is 17.7 Å². The van der Waals surface area contributed by atoms with Crippen LogP contribution in [0.1, 0.15) is 12.8 Å². The average Bonchev–Trinajstić information content (AvgIpc) is 3.29. The molecule has 1 N–H and O–H groups in total. The second-order valence-corrected chi connectivity index (χ2v) is 9.04. The van der Waals surface area contributed by atoms with Gasteiger partial charge in [0.15, 0.2) is 5.82 Å². The van der Waals surface area contributed by atoms with Crippen LogP contribution in [0.3, 0.4) is 0 Å². The van der Waals surface area contributed by atoms with Gasteiger partial charge in [-0.25, -0.2) is 8.42 Å². The summed E-state index contributed by atoms with van der Waals surface area (Å²) in [5.41, 5.74) is 1.99. The number of methoxy groups -OCH3 is 1. The summed E-state index contributed by atoms with van der Waals surface area (Å²) >= 11 is 5.96. The second kappa shape index (κ2) is 8.49. The van der Waals surface area contributed by atoms with Gasteiger partial charge in [-0.3, -0.25) is 4.72 Å². The molecule has 1 fully saturated rings. The zero-order valence-corrected chi connectivity index (χ0v) is 17.9. The predicted molar refractivity (Wildman–Crippen MR) is 118 cm³/mol. The Morgan fingerprint density at radius 3 is 2.37 bits per heavy atom. The van der Waals surface area contributed by atoms with Crippen LogP contribution < -0.4 is 14.4 Å². The summed E-state index contributed by atoms with van der Waals surface area (Å²) in [6.45, 7) is 2.03.